The van der Waals surface area contributed by atoms with E-state index in [-0.39, 0.29) is 24.1 Å². The summed E-state index contributed by atoms with van der Waals surface area (Å²) in [7, 11) is -4.10. The number of nitrogens with one attached hydrogen (secondary N) is 1. The van der Waals surface area contributed by atoms with Crippen molar-refractivity contribution >= 4 is 27.6 Å². The fourth-order valence-electron chi connectivity index (χ4n) is 4.37. The molecular formula is C28H23FN4O3S. The number of nitrogens with zero attached hydrogens (tertiary/aromatic N) is 2. The number of rotatable bonds is 7. The number of sulfonamides is 1. The van der Waals surface area contributed by atoms with Gasteiger partial charge in [-0.1, -0.05) is 84.9 Å². The average molecular weight is 515 g/mol. The molecule has 9 heteroatoms. The normalized spacial score (nSPS) is 14.9. The van der Waals surface area contributed by atoms with Crippen LogP contribution in [0.25, 0.3) is 0 Å². The van der Waals surface area contributed by atoms with Gasteiger partial charge in [0.15, 0.2) is 11.5 Å². The summed E-state index contributed by atoms with van der Waals surface area (Å²) in [5, 5.41) is 0. The molecule has 0 radical (unpaired) electrons. The Morgan fingerprint density at radius 2 is 1.35 bits per heavy atom. The Labute approximate surface area is 214 Å². The molecule has 4 aromatic rings. The molecule has 0 saturated carbocycles. The van der Waals surface area contributed by atoms with Gasteiger partial charge in [-0.3, -0.25) is 14.4 Å². The molecule has 7 nitrogen and oxygen atoms in total. The number of halogens is 1. The molecule has 1 aliphatic heterocycles. The molecule has 5 rings (SSSR count). The smallest absolute Gasteiger partial charge is 0.266 e. The van der Waals surface area contributed by atoms with Crippen LogP contribution in [-0.2, 0) is 26.9 Å². The zero-order valence-electron chi connectivity index (χ0n) is 19.6. The molecule has 0 aliphatic carbocycles. The summed E-state index contributed by atoms with van der Waals surface area (Å²) in [4.78, 5) is 19.5. The summed E-state index contributed by atoms with van der Waals surface area (Å²) in [6.45, 7) is 0.135. The lowest BCUT2D eigenvalue weighted by atomic mass is 9.83. The van der Waals surface area contributed by atoms with E-state index in [4.69, 9.17) is 5.73 Å². The van der Waals surface area contributed by atoms with Crippen LogP contribution in [0.15, 0.2) is 119 Å². The third-order valence-corrected chi connectivity index (χ3v) is 7.58. The van der Waals surface area contributed by atoms with Gasteiger partial charge in [-0.15, -0.1) is 0 Å². The van der Waals surface area contributed by atoms with Crippen LogP contribution in [0.5, 0.6) is 0 Å². The first-order chi connectivity index (χ1) is 17.8. The van der Waals surface area contributed by atoms with Crippen molar-refractivity contribution < 1.29 is 17.6 Å². The van der Waals surface area contributed by atoms with E-state index in [1.165, 1.54) is 23.1 Å². The second-order valence-corrected chi connectivity index (χ2v) is 10.2. The maximum absolute atomic E-state index is 14.0. The SMILES string of the molecule is NC1=NC(c2ccccc2)(c2ccccc2)C(=O)N1Cc1ccc(NS(=O)(=O)c2ccccc2F)cc1. The van der Waals surface area contributed by atoms with Gasteiger partial charge in [0.05, 0.1) is 6.54 Å². The minimum Gasteiger partial charge on any atom is -0.369 e. The van der Waals surface area contributed by atoms with Gasteiger partial charge in [0.2, 0.25) is 0 Å². The molecule has 3 N–H and O–H groups in total. The third kappa shape index (κ3) is 4.45. The summed E-state index contributed by atoms with van der Waals surface area (Å²) < 4.78 is 41.5. The topological polar surface area (TPSA) is 105 Å². The fraction of sp³-hybridized carbons (Fsp3) is 0.0714. The Kier molecular flexibility index (Phi) is 6.22. The zero-order chi connectivity index (χ0) is 26.0. The summed E-state index contributed by atoms with van der Waals surface area (Å²) in [6, 6.07) is 30.1. The molecule has 0 spiro atoms. The highest BCUT2D eigenvalue weighted by atomic mass is 32.2. The van der Waals surface area contributed by atoms with Crippen LogP contribution in [0.2, 0.25) is 0 Å². The van der Waals surface area contributed by atoms with Crippen molar-refractivity contribution in [3.63, 3.8) is 0 Å². The van der Waals surface area contributed by atoms with Crippen LogP contribution < -0.4 is 10.5 Å². The molecule has 0 bridgehead atoms. The first-order valence-corrected chi connectivity index (χ1v) is 12.9. The van der Waals surface area contributed by atoms with Crippen LogP contribution >= 0.6 is 0 Å². The number of carbonyl (C=O) groups is 1. The van der Waals surface area contributed by atoms with Gasteiger partial charge in [-0.25, -0.2) is 17.8 Å². The van der Waals surface area contributed by atoms with Crippen LogP contribution in [0.3, 0.4) is 0 Å². The van der Waals surface area contributed by atoms with E-state index in [2.05, 4.69) is 9.71 Å². The number of amides is 1. The average Bonchev–Trinajstić information content (AvgIpc) is 3.16. The van der Waals surface area contributed by atoms with Crippen molar-refractivity contribution in [2.24, 2.45) is 10.7 Å². The number of hydrogen-bond acceptors (Lipinski definition) is 5. The van der Waals surface area contributed by atoms with E-state index in [1.54, 1.807) is 24.3 Å². The number of nitrogens with two attached hydrogens (primary N) is 1. The minimum atomic E-state index is -4.10. The fourth-order valence-corrected chi connectivity index (χ4v) is 5.51. The molecule has 0 saturated heterocycles. The van der Waals surface area contributed by atoms with Crippen molar-refractivity contribution in [1.29, 1.82) is 0 Å². The van der Waals surface area contributed by atoms with E-state index in [0.717, 1.165) is 6.07 Å². The molecule has 1 amide bonds. The van der Waals surface area contributed by atoms with E-state index >= 15 is 0 Å². The monoisotopic (exact) mass is 514 g/mol. The molecular weight excluding hydrogens is 491 g/mol. The Morgan fingerprint density at radius 3 is 1.92 bits per heavy atom. The lowest BCUT2D eigenvalue weighted by Crippen LogP contribution is -2.43. The van der Waals surface area contributed by atoms with Crippen molar-refractivity contribution in [2.75, 3.05) is 4.72 Å². The number of anilines is 1. The standard InChI is InChI=1S/C28H23FN4O3S/c29-24-13-7-8-14-25(24)37(35,36)32-23-17-15-20(16-18-23)19-33-26(34)28(31-27(33)30,21-9-3-1-4-10-21)22-11-5-2-6-12-22/h1-18,32H,19H2,(H2,30,31). The maximum Gasteiger partial charge on any atom is 0.266 e. The van der Waals surface area contributed by atoms with Crippen LogP contribution in [-0.4, -0.2) is 25.2 Å². The lowest BCUT2D eigenvalue weighted by Gasteiger charge is -2.27. The van der Waals surface area contributed by atoms with Gasteiger partial charge in [-0.05, 0) is 41.0 Å². The van der Waals surface area contributed by atoms with Gasteiger partial charge in [0.25, 0.3) is 15.9 Å². The van der Waals surface area contributed by atoms with Crippen LogP contribution in [0.1, 0.15) is 16.7 Å². The molecule has 0 fully saturated rings. The second kappa shape index (κ2) is 9.51. The van der Waals surface area contributed by atoms with E-state index in [1.807, 2.05) is 60.7 Å². The minimum absolute atomic E-state index is 0.0852. The zero-order valence-corrected chi connectivity index (χ0v) is 20.4. The number of guanidine groups is 1. The Morgan fingerprint density at radius 1 is 0.811 bits per heavy atom. The molecule has 0 atom stereocenters. The predicted octanol–water partition coefficient (Wildman–Crippen LogP) is 4.23. The van der Waals surface area contributed by atoms with Crippen molar-refractivity contribution in [1.82, 2.24) is 4.90 Å². The Balaban J connectivity index is 1.40. The van der Waals surface area contributed by atoms with Crippen molar-refractivity contribution in [3.05, 3.63) is 132 Å². The lowest BCUT2D eigenvalue weighted by molar-refractivity contribution is -0.130. The molecule has 186 valence electrons. The number of benzene rings is 4. The third-order valence-electron chi connectivity index (χ3n) is 6.17. The van der Waals surface area contributed by atoms with Crippen LogP contribution in [0, 0.1) is 5.82 Å². The number of carbonyl (C=O) groups excluding carboxylic acids is 1. The summed E-state index contributed by atoms with van der Waals surface area (Å²) in [6.07, 6.45) is 0. The maximum atomic E-state index is 14.0. The Hall–Kier alpha value is -4.50. The van der Waals surface area contributed by atoms with Gasteiger partial charge < -0.3 is 5.73 Å². The van der Waals surface area contributed by atoms with Gasteiger partial charge in [0, 0.05) is 5.69 Å². The summed E-state index contributed by atoms with van der Waals surface area (Å²) in [5.74, 6) is -1.04. The molecule has 1 aliphatic rings. The van der Waals surface area contributed by atoms with E-state index in [9.17, 15) is 17.6 Å². The van der Waals surface area contributed by atoms with Gasteiger partial charge in [-0.2, -0.15) is 0 Å². The van der Waals surface area contributed by atoms with E-state index < -0.39 is 26.3 Å². The van der Waals surface area contributed by atoms with Crippen molar-refractivity contribution in [3.8, 4) is 0 Å². The Bertz CT molecular complexity index is 1540. The quantitative estimate of drug-likeness (QED) is 0.385. The van der Waals surface area contributed by atoms with Crippen molar-refractivity contribution in [2.45, 2.75) is 17.0 Å². The molecule has 37 heavy (non-hydrogen) atoms. The van der Waals surface area contributed by atoms with Gasteiger partial charge >= 0.3 is 0 Å². The number of aliphatic imine (C=N–C) groups is 1. The largest absolute Gasteiger partial charge is 0.369 e. The van der Waals surface area contributed by atoms with Gasteiger partial charge in [0.1, 0.15) is 10.7 Å². The first-order valence-electron chi connectivity index (χ1n) is 11.5. The van der Waals surface area contributed by atoms with E-state index in [0.29, 0.717) is 16.7 Å². The molecule has 4 aromatic carbocycles. The summed E-state index contributed by atoms with van der Waals surface area (Å²) >= 11 is 0. The second-order valence-electron chi connectivity index (χ2n) is 8.54. The highest BCUT2D eigenvalue weighted by molar-refractivity contribution is 7.92. The van der Waals surface area contributed by atoms with Crippen LogP contribution in [0.4, 0.5) is 10.1 Å². The first kappa shape index (κ1) is 24.2. The number of hydrogen-bond donors (Lipinski definition) is 2. The highest BCUT2D eigenvalue weighted by Crippen LogP contribution is 2.40. The molecule has 0 unspecified atom stereocenters. The predicted molar refractivity (Wildman–Crippen MR) is 139 cm³/mol. The molecule has 1 heterocycles. The highest BCUT2D eigenvalue weighted by Gasteiger charge is 2.50. The molecule has 0 aromatic heterocycles. The summed E-state index contributed by atoms with van der Waals surface area (Å²) in [5.41, 5.74) is 7.35.